The molecule has 1 saturated heterocycles. The summed E-state index contributed by atoms with van der Waals surface area (Å²) < 4.78 is 24.6. The van der Waals surface area contributed by atoms with Gasteiger partial charge in [0.05, 0.1) is 11.2 Å². The molecule has 1 rings (SSSR count). The Morgan fingerprint density at radius 1 is 1.53 bits per heavy atom. The maximum Gasteiger partial charge on any atom is 0.224 e. The first kappa shape index (κ1) is 12.4. The molecule has 88 valence electrons. The molecular formula is C8H17N3O3S. The summed E-state index contributed by atoms with van der Waals surface area (Å²) >= 11 is 0. The molecule has 0 radical (unpaired) electrons. The van der Waals surface area contributed by atoms with Gasteiger partial charge in [-0.25, -0.2) is 12.7 Å². The van der Waals surface area contributed by atoms with E-state index in [1.807, 2.05) is 0 Å². The van der Waals surface area contributed by atoms with Gasteiger partial charge in [0, 0.05) is 19.6 Å². The average Bonchev–Trinajstić information content (AvgIpc) is 2.50. The van der Waals surface area contributed by atoms with E-state index in [9.17, 15) is 13.2 Å². The van der Waals surface area contributed by atoms with Gasteiger partial charge >= 0.3 is 0 Å². The van der Waals surface area contributed by atoms with Crippen LogP contribution in [0.3, 0.4) is 0 Å². The van der Waals surface area contributed by atoms with Crippen molar-refractivity contribution < 1.29 is 13.2 Å². The first-order valence-electron chi connectivity index (χ1n) is 4.80. The second kappa shape index (κ2) is 4.07. The molecule has 1 aliphatic rings. The zero-order chi connectivity index (χ0) is 11.7. The highest BCUT2D eigenvalue weighted by molar-refractivity contribution is 7.89. The van der Waals surface area contributed by atoms with Gasteiger partial charge in [0.15, 0.2) is 0 Å². The summed E-state index contributed by atoms with van der Waals surface area (Å²) in [5.74, 6) is -0.532. The molecule has 0 aromatic carbocycles. The van der Waals surface area contributed by atoms with E-state index in [1.165, 1.54) is 4.31 Å². The van der Waals surface area contributed by atoms with Crippen LogP contribution in [0.1, 0.15) is 13.3 Å². The van der Waals surface area contributed by atoms with Crippen molar-refractivity contribution in [1.29, 1.82) is 0 Å². The molecule has 0 bridgehead atoms. The van der Waals surface area contributed by atoms with Gasteiger partial charge in [0.1, 0.15) is 0 Å². The van der Waals surface area contributed by atoms with Crippen LogP contribution in [0.2, 0.25) is 0 Å². The number of primary amides is 1. The number of sulfonamides is 1. The number of rotatable bonds is 4. The molecule has 4 N–H and O–H groups in total. The van der Waals surface area contributed by atoms with E-state index in [4.69, 9.17) is 11.5 Å². The number of hydrogen-bond donors (Lipinski definition) is 2. The van der Waals surface area contributed by atoms with E-state index in [-0.39, 0.29) is 18.8 Å². The zero-order valence-electron chi connectivity index (χ0n) is 8.77. The van der Waals surface area contributed by atoms with E-state index < -0.39 is 21.3 Å². The fourth-order valence-corrected chi connectivity index (χ4v) is 3.04. The van der Waals surface area contributed by atoms with Crippen molar-refractivity contribution in [2.75, 3.05) is 25.4 Å². The van der Waals surface area contributed by atoms with Crippen molar-refractivity contribution in [2.45, 2.75) is 13.3 Å². The van der Waals surface area contributed by atoms with Crippen molar-refractivity contribution in [3.8, 4) is 0 Å². The molecule has 1 aliphatic heterocycles. The van der Waals surface area contributed by atoms with Gasteiger partial charge in [-0.2, -0.15) is 0 Å². The third-order valence-corrected chi connectivity index (χ3v) is 4.65. The molecular weight excluding hydrogens is 218 g/mol. The van der Waals surface area contributed by atoms with Crippen molar-refractivity contribution in [2.24, 2.45) is 16.9 Å². The lowest BCUT2D eigenvalue weighted by molar-refractivity contribution is -0.126. The standard InChI is InChI=1S/C8H17N3O3S/c1-8(7(10)12)2-4-11(6-8)15(13,14)5-3-9/h2-6,9H2,1H3,(H2,10,12). The number of carbonyl (C=O) groups is 1. The van der Waals surface area contributed by atoms with Crippen LogP contribution in [0.25, 0.3) is 0 Å². The Morgan fingerprint density at radius 2 is 2.13 bits per heavy atom. The van der Waals surface area contributed by atoms with Gasteiger partial charge in [-0.3, -0.25) is 4.79 Å². The Hall–Kier alpha value is -0.660. The quantitative estimate of drug-likeness (QED) is 0.616. The fourth-order valence-electron chi connectivity index (χ4n) is 1.64. The second-order valence-corrected chi connectivity index (χ2v) is 6.20. The lowest BCUT2D eigenvalue weighted by atomic mass is 9.89. The van der Waals surface area contributed by atoms with Crippen LogP contribution in [0, 0.1) is 5.41 Å². The Bertz CT molecular complexity index is 354. The van der Waals surface area contributed by atoms with Crippen molar-refractivity contribution in [1.82, 2.24) is 4.31 Å². The van der Waals surface area contributed by atoms with Gasteiger partial charge < -0.3 is 11.5 Å². The minimum absolute atomic E-state index is 0.0815. The van der Waals surface area contributed by atoms with Crippen LogP contribution < -0.4 is 11.5 Å². The van der Waals surface area contributed by atoms with Gasteiger partial charge in [-0.05, 0) is 13.3 Å². The van der Waals surface area contributed by atoms with E-state index >= 15 is 0 Å². The van der Waals surface area contributed by atoms with Crippen LogP contribution in [0.15, 0.2) is 0 Å². The van der Waals surface area contributed by atoms with E-state index in [0.717, 1.165) is 0 Å². The molecule has 6 nitrogen and oxygen atoms in total. The average molecular weight is 235 g/mol. The van der Waals surface area contributed by atoms with Gasteiger partial charge in [-0.1, -0.05) is 0 Å². The number of nitrogens with zero attached hydrogens (tertiary/aromatic N) is 1. The highest BCUT2D eigenvalue weighted by Crippen LogP contribution is 2.31. The summed E-state index contributed by atoms with van der Waals surface area (Å²) in [6.07, 6.45) is 0.478. The molecule has 7 heteroatoms. The van der Waals surface area contributed by atoms with Crippen LogP contribution in [0.5, 0.6) is 0 Å². The fraction of sp³-hybridized carbons (Fsp3) is 0.875. The maximum absolute atomic E-state index is 11.6. The number of hydrogen-bond acceptors (Lipinski definition) is 4. The Labute approximate surface area is 89.6 Å². The Kier molecular flexibility index (Phi) is 3.37. The van der Waals surface area contributed by atoms with E-state index in [2.05, 4.69) is 0 Å². The van der Waals surface area contributed by atoms with Gasteiger partial charge in [0.2, 0.25) is 15.9 Å². The van der Waals surface area contributed by atoms with Crippen LogP contribution >= 0.6 is 0 Å². The molecule has 1 atom stereocenters. The summed E-state index contributed by atoms with van der Waals surface area (Å²) in [5, 5.41) is 0. The first-order valence-corrected chi connectivity index (χ1v) is 6.40. The van der Waals surface area contributed by atoms with Crippen molar-refractivity contribution >= 4 is 15.9 Å². The minimum Gasteiger partial charge on any atom is -0.369 e. The maximum atomic E-state index is 11.6. The van der Waals surface area contributed by atoms with Crippen molar-refractivity contribution in [3.05, 3.63) is 0 Å². The summed E-state index contributed by atoms with van der Waals surface area (Å²) in [6, 6.07) is 0. The molecule has 0 spiro atoms. The third kappa shape index (κ3) is 2.47. The van der Waals surface area contributed by atoms with E-state index in [0.29, 0.717) is 13.0 Å². The van der Waals surface area contributed by atoms with Crippen LogP contribution in [0.4, 0.5) is 0 Å². The van der Waals surface area contributed by atoms with Crippen molar-refractivity contribution in [3.63, 3.8) is 0 Å². The molecule has 1 heterocycles. The molecule has 0 saturated carbocycles. The monoisotopic (exact) mass is 235 g/mol. The Balaban J connectivity index is 2.76. The van der Waals surface area contributed by atoms with Crippen LogP contribution in [-0.2, 0) is 14.8 Å². The molecule has 1 unspecified atom stereocenters. The largest absolute Gasteiger partial charge is 0.369 e. The van der Waals surface area contributed by atoms with Gasteiger partial charge in [0.25, 0.3) is 0 Å². The molecule has 0 aliphatic carbocycles. The summed E-state index contributed by atoms with van der Waals surface area (Å²) in [4.78, 5) is 11.1. The molecule has 15 heavy (non-hydrogen) atoms. The summed E-state index contributed by atoms with van der Waals surface area (Å²) in [5.41, 5.74) is 9.70. The number of amides is 1. The lowest BCUT2D eigenvalue weighted by Gasteiger charge is -2.20. The van der Waals surface area contributed by atoms with Crippen LogP contribution in [-0.4, -0.2) is 44.0 Å². The second-order valence-electron chi connectivity index (χ2n) is 4.11. The topological polar surface area (TPSA) is 106 Å². The summed E-state index contributed by atoms with van der Waals surface area (Å²) in [6.45, 7) is 2.30. The smallest absolute Gasteiger partial charge is 0.224 e. The summed E-state index contributed by atoms with van der Waals surface area (Å²) in [7, 11) is -3.31. The molecule has 0 aromatic rings. The SMILES string of the molecule is CC1(C(N)=O)CCN(S(=O)(=O)CCN)C1. The predicted molar refractivity (Wildman–Crippen MR) is 56.3 cm³/mol. The predicted octanol–water partition coefficient (Wildman–Crippen LogP) is -1.53. The first-order chi connectivity index (χ1) is 6.82. The highest BCUT2D eigenvalue weighted by atomic mass is 32.2. The lowest BCUT2D eigenvalue weighted by Crippen LogP contribution is -2.40. The third-order valence-electron chi connectivity index (χ3n) is 2.80. The molecule has 1 amide bonds. The number of nitrogens with two attached hydrogens (primary N) is 2. The number of carbonyl (C=O) groups excluding carboxylic acids is 1. The highest BCUT2D eigenvalue weighted by Gasteiger charge is 2.42. The zero-order valence-corrected chi connectivity index (χ0v) is 9.59. The normalized spacial score (nSPS) is 28.1. The molecule has 0 aromatic heterocycles. The molecule has 1 fully saturated rings. The van der Waals surface area contributed by atoms with E-state index in [1.54, 1.807) is 6.92 Å². The van der Waals surface area contributed by atoms with Gasteiger partial charge in [-0.15, -0.1) is 0 Å². The minimum atomic E-state index is -3.31. The Morgan fingerprint density at radius 3 is 2.53 bits per heavy atom.